The maximum atomic E-state index is 11.8. The van der Waals surface area contributed by atoms with Crippen LogP contribution in [0.25, 0.3) is 11.0 Å². The molecule has 25 heavy (non-hydrogen) atoms. The molecule has 7 nitrogen and oxygen atoms in total. The van der Waals surface area contributed by atoms with Crippen molar-refractivity contribution in [3.63, 3.8) is 0 Å². The second kappa shape index (κ2) is 6.97. The molecule has 1 aliphatic rings. The van der Waals surface area contributed by atoms with Crippen molar-refractivity contribution < 1.29 is 9.15 Å². The molecule has 2 aromatic heterocycles. The Morgan fingerprint density at radius 1 is 1.36 bits per heavy atom. The summed E-state index contributed by atoms with van der Waals surface area (Å²) >= 11 is 1.51. The second-order valence-corrected chi connectivity index (χ2v) is 7.10. The Morgan fingerprint density at radius 3 is 3.12 bits per heavy atom. The summed E-state index contributed by atoms with van der Waals surface area (Å²) in [6.07, 6.45) is 2.30. The van der Waals surface area contributed by atoms with Crippen molar-refractivity contribution in [1.29, 1.82) is 0 Å². The topological polar surface area (TPSA) is 83.0 Å². The van der Waals surface area contributed by atoms with Gasteiger partial charge in [-0.1, -0.05) is 23.9 Å². The van der Waals surface area contributed by atoms with Crippen LogP contribution >= 0.6 is 11.8 Å². The maximum absolute atomic E-state index is 11.8. The summed E-state index contributed by atoms with van der Waals surface area (Å²) in [4.78, 5) is 11.8. The molecule has 0 N–H and O–H groups in total. The number of hydrogen-bond donors (Lipinski definition) is 0. The number of ether oxygens (including phenoxy) is 1. The van der Waals surface area contributed by atoms with E-state index in [1.807, 2.05) is 25.1 Å². The number of thioether (sulfide) groups is 1. The Balaban J connectivity index is 1.55. The first-order valence-electron chi connectivity index (χ1n) is 8.23. The van der Waals surface area contributed by atoms with E-state index < -0.39 is 0 Å². The van der Waals surface area contributed by atoms with Gasteiger partial charge in [0.25, 0.3) is 0 Å². The fraction of sp³-hybridized carbons (Fsp3) is 0.412. The summed E-state index contributed by atoms with van der Waals surface area (Å²) in [5.74, 6) is 0.594. The van der Waals surface area contributed by atoms with E-state index >= 15 is 0 Å². The number of nitrogens with zero attached hydrogens (tertiary/aromatic N) is 4. The average molecular weight is 358 g/mol. The van der Waals surface area contributed by atoms with E-state index in [-0.39, 0.29) is 11.7 Å². The molecule has 0 spiro atoms. The van der Waals surface area contributed by atoms with Gasteiger partial charge in [-0.25, -0.2) is 9.48 Å². The van der Waals surface area contributed by atoms with Crippen molar-refractivity contribution in [3.05, 3.63) is 45.8 Å². The molecule has 8 heteroatoms. The van der Waals surface area contributed by atoms with E-state index in [4.69, 9.17) is 9.15 Å². The molecule has 0 saturated carbocycles. The highest BCUT2D eigenvalue weighted by molar-refractivity contribution is 7.98. The largest absolute Gasteiger partial charge is 0.423 e. The number of aromatic nitrogens is 4. The first-order valence-corrected chi connectivity index (χ1v) is 9.21. The van der Waals surface area contributed by atoms with Crippen molar-refractivity contribution in [2.45, 2.75) is 43.3 Å². The van der Waals surface area contributed by atoms with Gasteiger partial charge in [-0.3, -0.25) is 0 Å². The molecule has 3 aromatic rings. The monoisotopic (exact) mass is 358 g/mol. The maximum Gasteiger partial charge on any atom is 0.336 e. The van der Waals surface area contributed by atoms with Gasteiger partial charge in [0, 0.05) is 23.8 Å². The lowest BCUT2D eigenvalue weighted by Gasteiger charge is -2.10. The molecule has 1 saturated heterocycles. The Bertz CT molecular complexity index is 946. The van der Waals surface area contributed by atoms with Gasteiger partial charge in [0.1, 0.15) is 5.58 Å². The van der Waals surface area contributed by atoms with Crippen LogP contribution in [0.1, 0.15) is 24.0 Å². The van der Waals surface area contributed by atoms with E-state index in [2.05, 4.69) is 15.5 Å². The Kier molecular flexibility index (Phi) is 4.54. The number of benzene rings is 1. The zero-order valence-corrected chi connectivity index (χ0v) is 14.7. The molecule has 0 bridgehead atoms. The summed E-state index contributed by atoms with van der Waals surface area (Å²) in [5, 5.41) is 13.6. The van der Waals surface area contributed by atoms with Crippen molar-refractivity contribution in [2.75, 3.05) is 6.61 Å². The SMILES string of the molecule is Cc1ccc2c(CSc3nnnn3CC3CCCO3)cc(=O)oc2c1. The summed E-state index contributed by atoms with van der Waals surface area (Å²) in [6.45, 7) is 3.44. The zero-order valence-electron chi connectivity index (χ0n) is 13.8. The van der Waals surface area contributed by atoms with Crippen molar-refractivity contribution in [2.24, 2.45) is 0 Å². The molecule has 0 aliphatic carbocycles. The third-order valence-electron chi connectivity index (χ3n) is 4.24. The van der Waals surface area contributed by atoms with Gasteiger partial charge < -0.3 is 9.15 Å². The lowest BCUT2D eigenvalue weighted by atomic mass is 10.1. The second-order valence-electron chi connectivity index (χ2n) is 6.16. The third kappa shape index (κ3) is 3.59. The third-order valence-corrected chi connectivity index (χ3v) is 5.25. The quantitative estimate of drug-likeness (QED) is 0.512. The highest BCUT2D eigenvalue weighted by Gasteiger charge is 2.19. The van der Waals surface area contributed by atoms with E-state index in [0.717, 1.165) is 41.1 Å². The number of aryl methyl sites for hydroxylation is 1. The smallest absolute Gasteiger partial charge is 0.336 e. The minimum Gasteiger partial charge on any atom is -0.423 e. The molecule has 1 atom stereocenters. The predicted octanol–water partition coefficient (Wildman–Crippen LogP) is 2.56. The fourth-order valence-corrected chi connectivity index (χ4v) is 3.87. The number of rotatable bonds is 5. The lowest BCUT2D eigenvalue weighted by Crippen LogP contribution is -2.16. The van der Waals surface area contributed by atoms with Crippen LogP contribution in [-0.4, -0.2) is 32.9 Å². The first-order chi connectivity index (χ1) is 12.2. The summed E-state index contributed by atoms with van der Waals surface area (Å²) in [7, 11) is 0. The Labute approximate surface area is 148 Å². The van der Waals surface area contributed by atoms with E-state index in [9.17, 15) is 4.79 Å². The van der Waals surface area contributed by atoms with E-state index in [1.165, 1.54) is 11.8 Å². The first kappa shape index (κ1) is 16.3. The highest BCUT2D eigenvalue weighted by Crippen LogP contribution is 2.26. The van der Waals surface area contributed by atoms with Crippen LogP contribution in [0.5, 0.6) is 0 Å². The highest BCUT2D eigenvalue weighted by atomic mass is 32.2. The lowest BCUT2D eigenvalue weighted by molar-refractivity contribution is 0.0912. The molecule has 0 radical (unpaired) electrons. The fourth-order valence-electron chi connectivity index (χ4n) is 2.99. The number of tetrazole rings is 1. The van der Waals surface area contributed by atoms with Gasteiger partial charge in [-0.15, -0.1) is 5.10 Å². The molecule has 1 unspecified atom stereocenters. The molecular weight excluding hydrogens is 340 g/mol. The van der Waals surface area contributed by atoms with E-state index in [1.54, 1.807) is 10.7 Å². The van der Waals surface area contributed by atoms with Crippen LogP contribution in [0, 0.1) is 6.92 Å². The van der Waals surface area contributed by atoms with E-state index in [0.29, 0.717) is 17.9 Å². The summed E-state index contributed by atoms with van der Waals surface area (Å²) in [6, 6.07) is 7.42. The Morgan fingerprint density at radius 2 is 2.28 bits per heavy atom. The normalized spacial score (nSPS) is 17.4. The van der Waals surface area contributed by atoms with Crippen molar-refractivity contribution in [3.8, 4) is 0 Å². The molecule has 130 valence electrons. The van der Waals surface area contributed by atoms with Crippen LogP contribution < -0.4 is 5.63 Å². The summed E-state index contributed by atoms with van der Waals surface area (Å²) in [5.41, 5.74) is 2.25. The molecular formula is C17H18N4O3S. The van der Waals surface area contributed by atoms with Crippen LogP contribution in [-0.2, 0) is 17.0 Å². The molecule has 1 aromatic carbocycles. The zero-order chi connectivity index (χ0) is 17.2. The van der Waals surface area contributed by atoms with Gasteiger partial charge in [-0.2, -0.15) is 0 Å². The van der Waals surface area contributed by atoms with Crippen LogP contribution in [0.4, 0.5) is 0 Å². The van der Waals surface area contributed by atoms with Crippen LogP contribution in [0.15, 0.2) is 38.6 Å². The van der Waals surface area contributed by atoms with Crippen molar-refractivity contribution in [1.82, 2.24) is 20.2 Å². The molecule has 1 aliphatic heterocycles. The minimum atomic E-state index is -0.340. The van der Waals surface area contributed by atoms with Gasteiger partial charge in [0.05, 0.1) is 12.6 Å². The molecule has 4 rings (SSSR count). The van der Waals surface area contributed by atoms with Crippen LogP contribution in [0.2, 0.25) is 0 Å². The average Bonchev–Trinajstić information content (AvgIpc) is 3.24. The molecule has 1 fully saturated rings. The number of fused-ring (bicyclic) bond motifs is 1. The van der Waals surface area contributed by atoms with Gasteiger partial charge in [0.2, 0.25) is 5.16 Å². The number of hydrogen-bond acceptors (Lipinski definition) is 7. The minimum absolute atomic E-state index is 0.176. The van der Waals surface area contributed by atoms with Gasteiger partial charge in [-0.05, 0) is 47.4 Å². The molecule has 3 heterocycles. The van der Waals surface area contributed by atoms with Crippen LogP contribution in [0.3, 0.4) is 0 Å². The molecule has 0 amide bonds. The predicted molar refractivity (Wildman–Crippen MR) is 93.6 cm³/mol. The van der Waals surface area contributed by atoms with Gasteiger partial charge >= 0.3 is 5.63 Å². The summed E-state index contributed by atoms with van der Waals surface area (Å²) < 4.78 is 12.7. The van der Waals surface area contributed by atoms with Gasteiger partial charge in [0.15, 0.2) is 0 Å². The van der Waals surface area contributed by atoms with Crippen molar-refractivity contribution >= 4 is 22.7 Å². The Hall–Kier alpha value is -2.19. The standard InChI is InChI=1S/C17H18N4O3S/c1-11-4-5-14-12(8-16(22)24-15(14)7-11)10-25-17-18-19-20-21(17)9-13-3-2-6-23-13/h4-5,7-8,13H,2-3,6,9-10H2,1H3.